The van der Waals surface area contributed by atoms with Crippen LogP contribution in [0.3, 0.4) is 0 Å². The van der Waals surface area contributed by atoms with Crippen LogP contribution in [0.4, 0.5) is 0 Å². The van der Waals surface area contributed by atoms with E-state index in [4.69, 9.17) is 4.42 Å². The van der Waals surface area contributed by atoms with Gasteiger partial charge in [-0.25, -0.2) is 0 Å². The number of para-hydroxylation sites is 2. The first-order valence-corrected chi connectivity index (χ1v) is 20.9. The van der Waals surface area contributed by atoms with Crippen LogP contribution in [0, 0.1) is 0 Å². The van der Waals surface area contributed by atoms with Crippen molar-refractivity contribution in [1.82, 2.24) is 9.13 Å². The lowest BCUT2D eigenvalue weighted by Gasteiger charge is -2.21. The largest absolute Gasteiger partial charge is 0.456 e. The van der Waals surface area contributed by atoms with Crippen molar-refractivity contribution in [2.45, 2.75) is 19.3 Å². The van der Waals surface area contributed by atoms with E-state index in [0.717, 1.165) is 22.5 Å². The summed E-state index contributed by atoms with van der Waals surface area (Å²) in [6.07, 6.45) is 0. The van der Waals surface area contributed by atoms with Crippen LogP contribution in [0.15, 0.2) is 186 Å². The zero-order valence-corrected chi connectivity index (χ0v) is 33.1. The van der Waals surface area contributed by atoms with Crippen LogP contribution in [-0.4, -0.2) is 9.13 Å². The minimum absolute atomic E-state index is 0.0950. The predicted molar refractivity (Wildman–Crippen MR) is 252 cm³/mol. The lowest BCUT2D eigenvalue weighted by molar-refractivity contribution is 0.661. The smallest absolute Gasteiger partial charge is 0.136 e. The van der Waals surface area contributed by atoms with Gasteiger partial charge in [-0.05, 0) is 134 Å². The molecule has 0 fully saturated rings. The van der Waals surface area contributed by atoms with Gasteiger partial charge in [0, 0.05) is 49.1 Å². The van der Waals surface area contributed by atoms with Crippen LogP contribution in [0.25, 0.3) is 121 Å². The maximum Gasteiger partial charge on any atom is 0.136 e. The van der Waals surface area contributed by atoms with E-state index in [2.05, 4.69) is 205 Å². The number of hydrogen-bond acceptors (Lipinski definition) is 1. The fourth-order valence-electron chi connectivity index (χ4n) is 11.1. The SMILES string of the molecule is CC1(C)c2ccccc2-c2cc3c4ccccc4n(-c4ccc5c(c4)c4cc(-c6ccc7c(c6)c6cccc8oc9cccc7c9c86)ccc4n5-c4ccccc4)c3cc21. The van der Waals surface area contributed by atoms with E-state index in [0.29, 0.717) is 0 Å². The quantitative estimate of drug-likeness (QED) is 0.164. The molecule has 0 spiro atoms. The maximum atomic E-state index is 6.35. The standard InChI is InChI=1S/C57H36N2O/c1-57(2)47-18-8-6-14-38(47)43-31-46-39-15-7-9-19-49(39)59(52(46)32-48(43)57)36-24-27-51-45(30-36)44-29-34(23-26-50(44)58(51)35-12-4-3-5-13-35)33-22-25-37-40-16-10-20-53-55(40)56-41(42(37)28-33)17-11-21-54(56)60-53/h3-32H,1-2H3. The van der Waals surface area contributed by atoms with Gasteiger partial charge in [0.25, 0.3) is 0 Å². The molecule has 0 saturated carbocycles. The Hall–Kier alpha value is -7.62. The van der Waals surface area contributed by atoms with E-state index in [-0.39, 0.29) is 5.41 Å². The molecular formula is C57H36N2O. The molecule has 1 aliphatic carbocycles. The third kappa shape index (κ3) is 4.09. The summed E-state index contributed by atoms with van der Waals surface area (Å²) in [5.41, 5.74) is 16.8. The van der Waals surface area contributed by atoms with Crippen molar-refractivity contribution in [2.75, 3.05) is 0 Å². The molecule has 0 bridgehead atoms. The Morgan fingerprint density at radius 2 is 0.950 bits per heavy atom. The first-order chi connectivity index (χ1) is 29.5. The molecule has 3 heteroatoms. The zero-order chi connectivity index (χ0) is 39.4. The van der Waals surface area contributed by atoms with Gasteiger partial charge < -0.3 is 13.6 Å². The fourth-order valence-corrected chi connectivity index (χ4v) is 11.1. The third-order valence-electron chi connectivity index (χ3n) is 13.9. The van der Waals surface area contributed by atoms with Crippen LogP contribution < -0.4 is 0 Å². The summed E-state index contributed by atoms with van der Waals surface area (Å²) in [5.74, 6) is 0. The Kier molecular flexibility index (Phi) is 6.10. The average Bonchev–Trinajstić information content (AvgIpc) is 4.00. The Labute approximate surface area is 345 Å². The number of fused-ring (bicyclic) bond motifs is 12. The van der Waals surface area contributed by atoms with Crippen molar-refractivity contribution >= 4 is 87.1 Å². The molecule has 0 radical (unpaired) electrons. The molecule has 13 aromatic rings. The Morgan fingerprint density at radius 3 is 1.77 bits per heavy atom. The third-order valence-corrected chi connectivity index (χ3v) is 13.9. The summed E-state index contributed by atoms with van der Waals surface area (Å²) in [6.45, 7) is 4.74. The van der Waals surface area contributed by atoms with Gasteiger partial charge in [-0.3, -0.25) is 0 Å². The van der Waals surface area contributed by atoms with E-state index >= 15 is 0 Å². The highest BCUT2D eigenvalue weighted by atomic mass is 16.3. The zero-order valence-electron chi connectivity index (χ0n) is 33.1. The highest BCUT2D eigenvalue weighted by molar-refractivity contribution is 6.33. The van der Waals surface area contributed by atoms with Crippen LogP contribution in [0.5, 0.6) is 0 Å². The van der Waals surface area contributed by atoms with Gasteiger partial charge in [0.15, 0.2) is 0 Å². The highest BCUT2D eigenvalue weighted by Gasteiger charge is 2.36. The molecule has 0 saturated heterocycles. The summed E-state index contributed by atoms with van der Waals surface area (Å²) >= 11 is 0. The first-order valence-electron chi connectivity index (χ1n) is 20.9. The number of nitrogens with zero attached hydrogens (tertiary/aromatic N) is 2. The van der Waals surface area contributed by atoms with Gasteiger partial charge in [-0.2, -0.15) is 0 Å². The van der Waals surface area contributed by atoms with Gasteiger partial charge in [0.1, 0.15) is 11.2 Å². The average molecular weight is 765 g/mol. The molecule has 3 aromatic heterocycles. The van der Waals surface area contributed by atoms with Crippen LogP contribution >= 0.6 is 0 Å². The van der Waals surface area contributed by atoms with Crippen molar-refractivity contribution in [3.8, 4) is 33.6 Å². The summed E-state index contributed by atoms with van der Waals surface area (Å²) in [4.78, 5) is 0. The number of aromatic nitrogens is 2. The summed E-state index contributed by atoms with van der Waals surface area (Å²) < 4.78 is 11.3. The molecule has 60 heavy (non-hydrogen) atoms. The first kappa shape index (κ1) is 32.3. The number of furan rings is 1. The molecule has 3 heterocycles. The second kappa shape index (κ2) is 11.3. The van der Waals surface area contributed by atoms with Crippen molar-refractivity contribution in [1.29, 1.82) is 0 Å². The van der Waals surface area contributed by atoms with E-state index in [1.54, 1.807) is 0 Å². The lowest BCUT2D eigenvalue weighted by Crippen LogP contribution is -2.14. The van der Waals surface area contributed by atoms with E-state index in [9.17, 15) is 0 Å². The molecule has 280 valence electrons. The molecular weight excluding hydrogens is 729 g/mol. The molecule has 10 aromatic carbocycles. The number of rotatable bonds is 3. The molecule has 0 amide bonds. The van der Waals surface area contributed by atoms with E-state index in [1.807, 2.05) is 0 Å². The molecule has 0 atom stereocenters. The maximum absolute atomic E-state index is 6.35. The van der Waals surface area contributed by atoms with Gasteiger partial charge in [0.2, 0.25) is 0 Å². The summed E-state index contributed by atoms with van der Waals surface area (Å²) in [5, 5.41) is 12.4. The van der Waals surface area contributed by atoms with Crippen LogP contribution in [0.2, 0.25) is 0 Å². The van der Waals surface area contributed by atoms with E-state index in [1.165, 1.54) is 109 Å². The van der Waals surface area contributed by atoms with E-state index < -0.39 is 0 Å². The lowest BCUT2D eigenvalue weighted by atomic mass is 9.82. The molecule has 0 unspecified atom stereocenters. The van der Waals surface area contributed by atoms with Crippen molar-refractivity contribution in [2.24, 2.45) is 0 Å². The van der Waals surface area contributed by atoms with Crippen molar-refractivity contribution in [3.05, 3.63) is 193 Å². The monoisotopic (exact) mass is 764 g/mol. The highest BCUT2D eigenvalue weighted by Crippen LogP contribution is 2.51. The minimum Gasteiger partial charge on any atom is -0.456 e. The Balaban J connectivity index is 1.02. The fraction of sp³-hybridized carbons (Fsp3) is 0.0526. The number of hydrogen-bond donors (Lipinski definition) is 0. The molecule has 0 aliphatic heterocycles. The Morgan fingerprint density at radius 1 is 0.350 bits per heavy atom. The van der Waals surface area contributed by atoms with Crippen LogP contribution in [-0.2, 0) is 5.41 Å². The minimum atomic E-state index is -0.0950. The van der Waals surface area contributed by atoms with Gasteiger partial charge in [0.05, 0.1) is 22.1 Å². The Bertz CT molecular complexity index is 3970. The number of benzene rings is 10. The molecule has 1 aliphatic rings. The van der Waals surface area contributed by atoms with Crippen LogP contribution in [0.1, 0.15) is 25.0 Å². The molecule has 0 N–H and O–H groups in total. The van der Waals surface area contributed by atoms with Gasteiger partial charge in [-0.1, -0.05) is 117 Å². The second-order valence-electron chi connectivity index (χ2n) is 17.3. The van der Waals surface area contributed by atoms with Gasteiger partial charge in [-0.15, -0.1) is 0 Å². The van der Waals surface area contributed by atoms with Gasteiger partial charge >= 0.3 is 0 Å². The second-order valence-corrected chi connectivity index (χ2v) is 17.3. The molecule has 14 rings (SSSR count). The van der Waals surface area contributed by atoms with Crippen molar-refractivity contribution in [3.63, 3.8) is 0 Å². The predicted octanol–water partition coefficient (Wildman–Crippen LogP) is 15.5. The topological polar surface area (TPSA) is 23.0 Å². The summed E-state index contributed by atoms with van der Waals surface area (Å²) in [6, 6.07) is 67.5. The normalized spacial score (nSPS) is 13.6. The molecule has 3 nitrogen and oxygen atoms in total. The van der Waals surface area contributed by atoms with Crippen molar-refractivity contribution < 1.29 is 4.42 Å². The summed E-state index contributed by atoms with van der Waals surface area (Å²) in [7, 11) is 0.